The van der Waals surface area contributed by atoms with Crippen LogP contribution in [0, 0.1) is 11.8 Å². The lowest BCUT2D eigenvalue weighted by Gasteiger charge is -2.09. The summed E-state index contributed by atoms with van der Waals surface area (Å²) in [7, 11) is 0. The summed E-state index contributed by atoms with van der Waals surface area (Å²) in [6.45, 7) is 4.25. The molecule has 4 nitrogen and oxygen atoms in total. The van der Waals surface area contributed by atoms with Crippen LogP contribution in [0.25, 0.3) is 0 Å². The number of carbonyl (C=O) groups is 2. The van der Waals surface area contributed by atoms with Gasteiger partial charge in [-0.25, -0.2) is 0 Å². The molecule has 1 aromatic rings. The second-order valence-electron chi connectivity index (χ2n) is 4.85. The predicted octanol–water partition coefficient (Wildman–Crippen LogP) is 2.21. The molecule has 0 heterocycles. The van der Waals surface area contributed by atoms with Crippen molar-refractivity contribution in [2.45, 2.75) is 26.7 Å². The Hall–Kier alpha value is -1.84. The second-order valence-corrected chi connectivity index (χ2v) is 4.85. The van der Waals surface area contributed by atoms with Crippen molar-refractivity contribution in [1.82, 2.24) is 0 Å². The summed E-state index contributed by atoms with van der Waals surface area (Å²) in [5.74, 6) is -3.41. The Balaban J connectivity index is 2.73. The van der Waals surface area contributed by atoms with Gasteiger partial charge in [-0.2, -0.15) is 0 Å². The molecule has 18 heavy (non-hydrogen) atoms. The normalized spacial score (nSPS) is 10.9. The lowest BCUT2D eigenvalue weighted by molar-refractivity contribution is -0.154. The van der Waals surface area contributed by atoms with Gasteiger partial charge in [-0.05, 0) is 29.9 Å². The molecular formula is C14H18O4. The Bertz CT molecular complexity index is 406. The molecule has 1 aromatic carbocycles. The largest absolute Gasteiger partial charge is 0.481 e. The predicted molar refractivity (Wildman–Crippen MR) is 67.4 cm³/mol. The van der Waals surface area contributed by atoms with E-state index in [1.165, 1.54) is 5.56 Å². The molecule has 0 saturated heterocycles. The maximum atomic E-state index is 10.8. The molecule has 0 spiro atoms. The number of benzene rings is 1. The van der Waals surface area contributed by atoms with Crippen LogP contribution in [0.5, 0.6) is 0 Å². The fraction of sp³-hybridized carbons (Fsp3) is 0.429. The molecule has 0 radical (unpaired) electrons. The molecule has 0 saturated carbocycles. The fourth-order valence-corrected chi connectivity index (χ4v) is 1.80. The van der Waals surface area contributed by atoms with Crippen LogP contribution in [0.1, 0.15) is 25.0 Å². The Labute approximate surface area is 106 Å². The van der Waals surface area contributed by atoms with Gasteiger partial charge in [0.15, 0.2) is 5.92 Å². The first kappa shape index (κ1) is 14.2. The molecule has 4 heteroatoms. The number of hydrogen-bond acceptors (Lipinski definition) is 2. The highest BCUT2D eigenvalue weighted by Crippen LogP contribution is 2.13. The summed E-state index contributed by atoms with van der Waals surface area (Å²) in [6, 6.07) is 7.46. The molecule has 0 unspecified atom stereocenters. The zero-order chi connectivity index (χ0) is 13.7. The average Bonchev–Trinajstić information content (AvgIpc) is 2.26. The number of aliphatic carboxylic acids is 2. The first-order chi connectivity index (χ1) is 8.40. The van der Waals surface area contributed by atoms with Gasteiger partial charge in [-0.3, -0.25) is 9.59 Å². The molecular weight excluding hydrogens is 232 g/mol. The molecule has 0 atom stereocenters. The zero-order valence-electron chi connectivity index (χ0n) is 10.6. The highest BCUT2D eigenvalue weighted by atomic mass is 16.4. The fourth-order valence-electron chi connectivity index (χ4n) is 1.80. The van der Waals surface area contributed by atoms with Crippen molar-refractivity contribution >= 4 is 11.9 Å². The number of carboxylic acid groups (broad SMARTS) is 2. The van der Waals surface area contributed by atoms with E-state index in [1.54, 1.807) is 12.1 Å². The van der Waals surface area contributed by atoms with Crippen LogP contribution >= 0.6 is 0 Å². The lowest BCUT2D eigenvalue weighted by Crippen LogP contribution is -2.25. The molecule has 0 aromatic heterocycles. The van der Waals surface area contributed by atoms with Gasteiger partial charge >= 0.3 is 11.9 Å². The van der Waals surface area contributed by atoms with Crippen LogP contribution < -0.4 is 0 Å². The molecule has 0 aliphatic heterocycles. The van der Waals surface area contributed by atoms with Gasteiger partial charge < -0.3 is 10.2 Å². The smallest absolute Gasteiger partial charge is 0.318 e. The summed E-state index contributed by atoms with van der Waals surface area (Å²) in [5.41, 5.74) is 1.91. The molecule has 98 valence electrons. The van der Waals surface area contributed by atoms with Crippen molar-refractivity contribution in [1.29, 1.82) is 0 Å². The Morgan fingerprint density at radius 1 is 0.944 bits per heavy atom. The number of rotatable bonds is 6. The first-order valence-corrected chi connectivity index (χ1v) is 5.93. The van der Waals surface area contributed by atoms with E-state index in [4.69, 9.17) is 10.2 Å². The van der Waals surface area contributed by atoms with Crippen LogP contribution in [0.2, 0.25) is 0 Å². The van der Waals surface area contributed by atoms with Gasteiger partial charge in [-0.1, -0.05) is 38.1 Å². The van der Waals surface area contributed by atoms with Crippen molar-refractivity contribution < 1.29 is 19.8 Å². The molecule has 0 amide bonds. The van der Waals surface area contributed by atoms with Crippen molar-refractivity contribution in [3.05, 3.63) is 35.4 Å². The molecule has 0 aliphatic carbocycles. The summed E-state index contributed by atoms with van der Waals surface area (Å²) >= 11 is 0. The summed E-state index contributed by atoms with van der Waals surface area (Å²) < 4.78 is 0. The van der Waals surface area contributed by atoms with Gasteiger partial charge in [0.2, 0.25) is 0 Å². The second kappa shape index (κ2) is 6.19. The SMILES string of the molecule is CC(C)Cc1ccc(CC(C(=O)O)C(=O)O)cc1. The highest BCUT2D eigenvalue weighted by molar-refractivity contribution is 5.93. The minimum Gasteiger partial charge on any atom is -0.481 e. The van der Waals surface area contributed by atoms with E-state index >= 15 is 0 Å². The van der Waals surface area contributed by atoms with E-state index in [-0.39, 0.29) is 6.42 Å². The Kier molecular flexibility index (Phi) is 4.89. The summed E-state index contributed by atoms with van der Waals surface area (Å²) in [5, 5.41) is 17.6. The van der Waals surface area contributed by atoms with Crippen LogP contribution in [-0.2, 0) is 22.4 Å². The van der Waals surface area contributed by atoms with E-state index in [1.807, 2.05) is 12.1 Å². The van der Waals surface area contributed by atoms with Gasteiger partial charge in [0.25, 0.3) is 0 Å². The number of carboxylic acids is 2. The van der Waals surface area contributed by atoms with Crippen molar-refractivity contribution in [3.8, 4) is 0 Å². The average molecular weight is 250 g/mol. The molecule has 0 aliphatic rings. The minimum atomic E-state index is -1.37. The maximum Gasteiger partial charge on any atom is 0.318 e. The van der Waals surface area contributed by atoms with E-state index in [0.29, 0.717) is 5.92 Å². The van der Waals surface area contributed by atoms with Gasteiger partial charge in [0, 0.05) is 0 Å². The van der Waals surface area contributed by atoms with Crippen LogP contribution in [0.3, 0.4) is 0 Å². The Morgan fingerprint density at radius 2 is 1.33 bits per heavy atom. The van der Waals surface area contributed by atoms with Crippen LogP contribution in [-0.4, -0.2) is 22.2 Å². The third-order valence-electron chi connectivity index (χ3n) is 2.70. The monoisotopic (exact) mass is 250 g/mol. The third kappa shape index (κ3) is 4.20. The zero-order valence-corrected chi connectivity index (χ0v) is 10.6. The Morgan fingerprint density at radius 3 is 1.67 bits per heavy atom. The molecule has 1 rings (SSSR count). The maximum absolute atomic E-state index is 10.8. The number of hydrogen-bond donors (Lipinski definition) is 2. The van der Waals surface area contributed by atoms with E-state index in [9.17, 15) is 9.59 Å². The van der Waals surface area contributed by atoms with Gasteiger partial charge in [0.05, 0.1) is 0 Å². The van der Waals surface area contributed by atoms with Crippen molar-refractivity contribution in [3.63, 3.8) is 0 Å². The third-order valence-corrected chi connectivity index (χ3v) is 2.70. The van der Waals surface area contributed by atoms with Crippen molar-refractivity contribution in [2.75, 3.05) is 0 Å². The summed E-state index contributed by atoms with van der Waals surface area (Å²) in [6.07, 6.45) is 0.980. The molecule has 0 bridgehead atoms. The van der Waals surface area contributed by atoms with Crippen molar-refractivity contribution in [2.24, 2.45) is 11.8 Å². The van der Waals surface area contributed by atoms with E-state index in [0.717, 1.165) is 12.0 Å². The topological polar surface area (TPSA) is 74.6 Å². The van der Waals surface area contributed by atoms with E-state index < -0.39 is 17.9 Å². The quantitative estimate of drug-likeness (QED) is 0.759. The molecule has 2 N–H and O–H groups in total. The van der Waals surface area contributed by atoms with E-state index in [2.05, 4.69) is 13.8 Å². The lowest BCUT2D eigenvalue weighted by atomic mass is 9.96. The minimum absolute atomic E-state index is 0.0205. The van der Waals surface area contributed by atoms with Crippen LogP contribution in [0.4, 0.5) is 0 Å². The van der Waals surface area contributed by atoms with Gasteiger partial charge in [-0.15, -0.1) is 0 Å². The van der Waals surface area contributed by atoms with Crippen LogP contribution in [0.15, 0.2) is 24.3 Å². The standard InChI is InChI=1S/C14H18O4/c1-9(2)7-10-3-5-11(6-4-10)8-12(13(15)16)14(17)18/h3-6,9,12H,7-8H2,1-2H3,(H,15,16)(H,17,18). The molecule has 0 fully saturated rings. The summed E-state index contributed by atoms with van der Waals surface area (Å²) in [4.78, 5) is 21.6. The highest BCUT2D eigenvalue weighted by Gasteiger charge is 2.25. The van der Waals surface area contributed by atoms with Gasteiger partial charge in [0.1, 0.15) is 0 Å². The first-order valence-electron chi connectivity index (χ1n) is 5.93.